The minimum absolute atomic E-state index is 0.0628. The van der Waals surface area contributed by atoms with E-state index in [4.69, 9.17) is 21.1 Å². The van der Waals surface area contributed by atoms with Crippen LogP contribution in [0.4, 0.5) is 0 Å². The van der Waals surface area contributed by atoms with E-state index in [9.17, 15) is 0 Å². The number of aliphatic imine (C=N–C) groups is 1. The molecule has 1 aromatic carbocycles. The Hall–Kier alpha value is -1.34. The molecule has 0 bridgehead atoms. The van der Waals surface area contributed by atoms with E-state index in [0.717, 1.165) is 62.5 Å². The Morgan fingerprint density at radius 3 is 2.89 bits per heavy atom. The highest BCUT2D eigenvalue weighted by molar-refractivity contribution is 6.30. The zero-order valence-corrected chi connectivity index (χ0v) is 17.1. The lowest BCUT2D eigenvalue weighted by molar-refractivity contribution is 0.0315. The largest absolute Gasteiger partial charge is 0.379 e. The Kier molecular flexibility index (Phi) is 7.76. The summed E-state index contributed by atoms with van der Waals surface area (Å²) < 4.78 is 11.1. The van der Waals surface area contributed by atoms with Gasteiger partial charge in [0.15, 0.2) is 5.96 Å². The number of rotatable bonds is 6. The first-order valence-electron chi connectivity index (χ1n) is 9.73. The maximum absolute atomic E-state index is 6.12. The van der Waals surface area contributed by atoms with E-state index in [1.165, 1.54) is 6.42 Å². The SMILES string of the molecule is CN=C(NCC(OC)c1cccc(Cl)c1)N1CCC(CN2CCOCC2)C1. The van der Waals surface area contributed by atoms with E-state index in [2.05, 4.69) is 20.1 Å². The predicted molar refractivity (Wildman–Crippen MR) is 110 cm³/mol. The van der Waals surface area contributed by atoms with Crippen LogP contribution in [0, 0.1) is 5.92 Å². The van der Waals surface area contributed by atoms with Gasteiger partial charge in [0, 0.05) is 58.4 Å². The molecule has 2 heterocycles. The fourth-order valence-corrected chi connectivity index (χ4v) is 4.08. The number of guanidine groups is 1. The van der Waals surface area contributed by atoms with E-state index < -0.39 is 0 Å². The van der Waals surface area contributed by atoms with E-state index in [1.54, 1.807) is 7.11 Å². The number of likely N-dealkylation sites (tertiary alicyclic amines) is 1. The fourth-order valence-electron chi connectivity index (χ4n) is 3.88. The smallest absolute Gasteiger partial charge is 0.193 e. The average Bonchev–Trinajstić information content (AvgIpc) is 3.14. The summed E-state index contributed by atoms with van der Waals surface area (Å²) in [5.74, 6) is 1.64. The van der Waals surface area contributed by atoms with Crippen molar-refractivity contribution in [1.82, 2.24) is 15.1 Å². The molecule has 0 aromatic heterocycles. The molecular formula is C20H31ClN4O2. The van der Waals surface area contributed by atoms with Gasteiger partial charge < -0.3 is 19.7 Å². The second-order valence-corrected chi connectivity index (χ2v) is 7.66. The van der Waals surface area contributed by atoms with Gasteiger partial charge in [0.1, 0.15) is 0 Å². The highest BCUT2D eigenvalue weighted by Crippen LogP contribution is 2.21. The second-order valence-electron chi connectivity index (χ2n) is 7.22. The quantitative estimate of drug-likeness (QED) is 0.592. The molecule has 2 unspecified atom stereocenters. The number of benzene rings is 1. The Balaban J connectivity index is 1.50. The van der Waals surface area contributed by atoms with Crippen LogP contribution in [0.1, 0.15) is 18.1 Å². The molecule has 0 aliphatic carbocycles. The summed E-state index contributed by atoms with van der Waals surface area (Å²) >= 11 is 6.12. The van der Waals surface area contributed by atoms with Gasteiger partial charge in [-0.05, 0) is 30.0 Å². The Bertz CT molecular complexity index is 622. The lowest BCUT2D eigenvalue weighted by Gasteiger charge is -2.29. The highest BCUT2D eigenvalue weighted by atomic mass is 35.5. The van der Waals surface area contributed by atoms with Gasteiger partial charge in [-0.2, -0.15) is 0 Å². The molecule has 1 N–H and O–H groups in total. The first kappa shape index (κ1) is 20.4. The van der Waals surface area contributed by atoms with Crippen LogP contribution >= 0.6 is 11.6 Å². The Morgan fingerprint density at radius 2 is 2.19 bits per heavy atom. The van der Waals surface area contributed by atoms with Crippen molar-refractivity contribution in [2.45, 2.75) is 12.5 Å². The third kappa shape index (κ3) is 5.82. The molecule has 0 amide bonds. The number of morpholine rings is 1. The molecule has 2 saturated heterocycles. The van der Waals surface area contributed by atoms with Gasteiger partial charge in [-0.25, -0.2) is 0 Å². The number of hydrogen-bond donors (Lipinski definition) is 1. The zero-order chi connectivity index (χ0) is 19.1. The molecule has 6 nitrogen and oxygen atoms in total. The predicted octanol–water partition coefficient (Wildman–Crippen LogP) is 2.26. The molecule has 0 saturated carbocycles. The van der Waals surface area contributed by atoms with Gasteiger partial charge in [-0.15, -0.1) is 0 Å². The lowest BCUT2D eigenvalue weighted by Crippen LogP contribution is -2.43. The van der Waals surface area contributed by atoms with Gasteiger partial charge in [0.2, 0.25) is 0 Å². The number of hydrogen-bond acceptors (Lipinski definition) is 4. The van der Waals surface area contributed by atoms with Crippen molar-refractivity contribution in [3.05, 3.63) is 34.9 Å². The summed E-state index contributed by atoms with van der Waals surface area (Å²) in [4.78, 5) is 9.36. The molecule has 7 heteroatoms. The summed E-state index contributed by atoms with van der Waals surface area (Å²) in [6.07, 6.45) is 1.15. The molecule has 1 aromatic rings. The van der Waals surface area contributed by atoms with Gasteiger partial charge in [-0.1, -0.05) is 23.7 Å². The summed E-state index contributed by atoms with van der Waals surface area (Å²) in [5.41, 5.74) is 1.07. The molecule has 3 rings (SSSR count). The fraction of sp³-hybridized carbons (Fsp3) is 0.650. The molecular weight excluding hydrogens is 364 g/mol. The van der Waals surface area contributed by atoms with E-state index in [1.807, 2.05) is 31.3 Å². The van der Waals surface area contributed by atoms with Crippen LogP contribution in [0.15, 0.2) is 29.3 Å². The Labute approximate surface area is 167 Å². The molecule has 0 radical (unpaired) electrons. The molecule has 2 aliphatic rings. The van der Waals surface area contributed by atoms with E-state index in [-0.39, 0.29) is 6.10 Å². The van der Waals surface area contributed by atoms with Gasteiger partial charge >= 0.3 is 0 Å². The molecule has 27 heavy (non-hydrogen) atoms. The number of halogens is 1. The van der Waals surface area contributed by atoms with E-state index >= 15 is 0 Å². The minimum Gasteiger partial charge on any atom is -0.379 e. The van der Waals surface area contributed by atoms with E-state index in [0.29, 0.717) is 12.5 Å². The maximum Gasteiger partial charge on any atom is 0.193 e. The van der Waals surface area contributed by atoms with Crippen LogP contribution in [-0.4, -0.2) is 82.4 Å². The minimum atomic E-state index is -0.0628. The van der Waals surface area contributed by atoms with Gasteiger partial charge in [-0.3, -0.25) is 9.89 Å². The van der Waals surface area contributed by atoms with Crippen molar-refractivity contribution >= 4 is 17.6 Å². The van der Waals surface area contributed by atoms with Crippen molar-refractivity contribution in [3.63, 3.8) is 0 Å². The Morgan fingerprint density at radius 1 is 1.37 bits per heavy atom. The molecule has 2 aliphatic heterocycles. The van der Waals surface area contributed by atoms with Crippen LogP contribution < -0.4 is 5.32 Å². The molecule has 2 fully saturated rings. The van der Waals surface area contributed by atoms with Crippen molar-refractivity contribution in [3.8, 4) is 0 Å². The molecule has 2 atom stereocenters. The van der Waals surface area contributed by atoms with Crippen LogP contribution in [0.2, 0.25) is 5.02 Å². The number of methoxy groups -OCH3 is 1. The topological polar surface area (TPSA) is 49.3 Å². The first-order chi connectivity index (χ1) is 13.2. The average molecular weight is 395 g/mol. The maximum atomic E-state index is 6.12. The normalized spacial score (nSPS) is 22.9. The summed E-state index contributed by atoms with van der Waals surface area (Å²) in [5, 5.41) is 4.21. The highest BCUT2D eigenvalue weighted by Gasteiger charge is 2.27. The molecule has 150 valence electrons. The number of nitrogens with one attached hydrogen (secondary N) is 1. The summed E-state index contributed by atoms with van der Waals surface area (Å²) in [6.45, 7) is 7.74. The van der Waals surface area contributed by atoms with Crippen molar-refractivity contribution in [2.24, 2.45) is 10.9 Å². The van der Waals surface area contributed by atoms with Crippen molar-refractivity contribution in [2.75, 3.05) is 66.6 Å². The van der Waals surface area contributed by atoms with Gasteiger partial charge in [0.25, 0.3) is 0 Å². The van der Waals surface area contributed by atoms with Crippen molar-refractivity contribution in [1.29, 1.82) is 0 Å². The third-order valence-electron chi connectivity index (χ3n) is 5.37. The number of nitrogens with zero attached hydrogens (tertiary/aromatic N) is 3. The summed E-state index contributed by atoms with van der Waals surface area (Å²) in [6, 6.07) is 7.82. The number of ether oxygens (including phenoxy) is 2. The van der Waals surface area contributed by atoms with Gasteiger partial charge in [0.05, 0.1) is 19.3 Å². The van der Waals surface area contributed by atoms with Crippen LogP contribution in [0.5, 0.6) is 0 Å². The van der Waals surface area contributed by atoms with Crippen molar-refractivity contribution < 1.29 is 9.47 Å². The standard InChI is InChI=1S/C20H31ClN4O2/c1-22-20(23-13-19(26-2)17-4-3-5-18(21)12-17)25-7-6-16(15-25)14-24-8-10-27-11-9-24/h3-5,12,16,19H,6-11,13-15H2,1-2H3,(H,22,23). The zero-order valence-electron chi connectivity index (χ0n) is 16.4. The van der Waals surface area contributed by atoms with Crippen LogP contribution in [0.3, 0.4) is 0 Å². The molecule has 0 spiro atoms. The van der Waals surface area contributed by atoms with Crippen LogP contribution in [-0.2, 0) is 9.47 Å². The third-order valence-corrected chi connectivity index (χ3v) is 5.60. The summed E-state index contributed by atoms with van der Waals surface area (Å²) in [7, 11) is 3.57. The first-order valence-corrected chi connectivity index (χ1v) is 10.1. The lowest BCUT2D eigenvalue weighted by atomic mass is 10.1. The van der Waals surface area contributed by atoms with Crippen LogP contribution in [0.25, 0.3) is 0 Å². The second kappa shape index (κ2) is 10.3. The monoisotopic (exact) mass is 394 g/mol.